The maximum atomic E-state index is 13.4. The van der Waals surface area contributed by atoms with E-state index in [-0.39, 0.29) is 11.9 Å². The van der Waals surface area contributed by atoms with Gasteiger partial charge in [-0.2, -0.15) is 4.98 Å². The first-order valence-electron chi connectivity index (χ1n) is 9.74. The summed E-state index contributed by atoms with van der Waals surface area (Å²) in [7, 11) is 1.62. The Bertz CT molecular complexity index is 1010. The van der Waals surface area contributed by atoms with Gasteiger partial charge in [0.2, 0.25) is 5.95 Å². The molecule has 1 aliphatic rings. The van der Waals surface area contributed by atoms with Gasteiger partial charge in [-0.05, 0) is 55.5 Å². The zero-order chi connectivity index (χ0) is 20.5. The third-order valence-corrected chi connectivity index (χ3v) is 5.61. The Morgan fingerprint density at radius 1 is 1.24 bits per heavy atom. The topological polar surface area (TPSA) is 52.0 Å². The maximum absolute atomic E-state index is 13.4. The van der Waals surface area contributed by atoms with Crippen LogP contribution in [0.3, 0.4) is 0 Å². The van der Waals surface area contributed by atoms with E-state index in [1.807, 2.05) is 32.0 Å². The molecule has 1 heterocycles. The highest BCUT2D eigenvalue weighted by Gasteiger charge is 2.27. The van der Waals surface area contributed by atoms with E-state index in [1.54, 1.807) is 17.9 Å². The van der Waals surface area contributed by atoms with Crippen LogP contribution in [-0.4, -0.2) is 21.9 Å². The molecule has 1 aliphatic carbocycles. The van der Waals surface area contributed by atoms with Crippen molar-refractivity contribution < 1.29 is 9.13 Å². The summed E-state index contributed by atoms with van der Waals surface area (Å²) in [4.78, 5) is 4.59. The van der Waals surface area contributed by atoms with Crippen molar-refractivity contribution in [1.29, 1.82) is 0 Å². The van der Waals surface area contributed by atoms with E-state index in [9.17, 15) is 4.39 Å². The van der Waals surface area contributed by atoms with E-state index >= 15 is 0 Å². The molecule has 0 saturated heterocycles. The molecule has 152 valence electrons. The van der Waals surface area contributed by atoms with Crippen molar-refractivity contribution >= 4 is 17.5 Å². The predicted molar refractivity (Wildman–Crippen MR) is 112 cm³/mol. The summed E-state index contributed by atoms with van der Waals surface area (Å²) < 4.78 is 20.4. The molecule has 3 aromatic rings. The minimum absolute atomic E-state index is 0.0337. The van der Waals surface area contributed by atoms with Crippen molar-refractivity contribution in [2.75, 3.05) is 12.4 Å². The molecule has 1 fully saturated rings. The Morgan fingerprint density at radius 2 is 1.97 bits per heavy atom. The second kappa shape index (κ2) is 8.03. The molecular formula is C22H24ClFN4O. The van der Waals surface area contributed by atoms with Gasteiger partial charge in [0, 0.05) is 6.07 Å². The first-order chi connectivity index (χ1) is 13.9. The van der Waals surface area contributed by atoms with Crippen molar-refractivity contribution in [3.05, 3.63) is 64.2 Å². The van der Waals surface area contributed by atoms with Crippen LogP contribution in [0, 0.1) is 25.6 Å². The molecule has 1 saturated carbocycles. The number of hydrogen-bond donors (Lipinski definition) is 1. The van der Waals surface area contributed by atoms with Crippen molar-refractivity contribution in [3.63, 3.8) is 0 Å². The van der Waals surface area contributed by atoms with Gasteiger partial charge in [0.1, 0.15) is 17.4 Å². The standard InChI is InChI=1S/C22H24ClFN4O/c1-13-10-20(18(23)12-21(13)29-3)28-14(2)25-22(27-28)26-19(11-15-4-5-15)16-6-8-17(24)9-7-16/h6-10,12,15,19H,4-5,11H2,1-3H3,(H,26,27). The van der Waals surface area contributed by atoms with Crippen molar-refractivity contribution in [2.45, 2.75) is 39.2 Å². The van der Waals surface area contributed by atoms with Gasteiger partial charge in [-0.25, -0.2) is 9.07 Å². The molecule has 0 radical (unpaired) electrons. The zero-order valence-electron chi connectivity index (χ0n) is 16.7. The lowest BCUT2D eigenvalue weighted by Crippen LogP contribution is -2.13. The molecule has 2 aromatic carbocycles. The molecule has 0 amide bonds. The average molecular weight is 415 g/mol. The lowest BCUT2D eigenvalue weighted by molar-refractivity contribution is 0.411. The van der Waals surface area contributed by atoms with Gasteiger partial charge in [-0.15, -0.1) is 5.10 Å². The zero-order valence-corrected chi connectivity index (χ0v) is 17.5. The Balaban J connectivity index is 1.62. The quantitative estimate of drug-likeness (QED) is 0.543. The fourth-order valence-corrected chi connectivity index (χ4v) is 3.76. The molecule has 1 unspecified atom stereocenters. The summed E-state index contributed by atoms with van der Waals surface area (Å²) in [6.45, 7) is 3.85. The normalized spacial score (nSPS) is 14.7. The first kappa shape index (κ1) is 19.7. The number of halogens is 2. The van der Waals surface area contributed by atoms with E-state index in [1.165, 1.54) is 25.0 Å². The van der Waals surface area contributed by atoms with Crippen LogP contribution in [-0.2, 0) is 0 Å². The molecule has 29 heavy (non-hydrogen) atoms. The second-order valence-corrected chi connectivity index (χ2v) is 8.00. The number of aryl methyl sites for hydroxylation is 2. The van der Waals surface area contributed by atoms with Gasteiger partial charge in [0.25, 0.3) is 0 Å². The number of nitrogens with one attached hydrogen (secondary N) is 1. The van der Waals surface area contributed by atoms with Gasteiger partial charge < -0.3 is 10.1 Å². The number of ether oxygens (including phenoxy) is 1. The number of aromatic nitrogens is 3. The molecule has 0 bridgehead atoms. The predicted octanol–water partition coefficient (Wildman–Crippen LogP) is 5.64. The number of nitrogens with zero attached hydrogens (tertiary/aromatic N) is 3. The smallest absolute Gasteiger partial charge is 0.243 e. The summed E-state index contributed by atoms with van der Waals surface area (Å²) >= 11 is 6.46. The fraction of sp³-hybridized carbons (Fsp3) is 0.364. The van der Waals surface area contributed by atoms with Gasteiger partial charge in [0.15, 0.2) is 0 Å². The highest BCUT2D eigenvalue weighted by molar-refractivity contribution is 6.32. The van der Waals surface area contributed by atoms with Crippen LogP contribution in [0.4, 0.5) is 10.3 Å². The third-order valence-electron chi connectivity index (χ3n) is 5.30. The van der Waals surface area contributed by atoms with Crippen LogP contribution in [0.25, 0.3) is 5.69 Å². The van der Waals surface area contributed by atoms with Gasteiger partial charge in [0.05, 0.1) is 23.9 Å². The Kier molecular flexibility index (Phi) is 5.46. The lowest BCUT2D eigenvalue weighted by atomic mass is 10.0. The first-order valence-corrected chi connectivity index (χ1v) is 10.1. The molecule has 1 aromatic heterocycles. The van der Waals surface area contributed by atoms with Crippen molar-refractivity contribution in [3.8, 4) is 11.4 Å². The number of rotatable bonds is 7. The van der Waals surface area contributed by atoms with Gasteiger partial charge >= 0.3 is 0 Å². The van der Waals surface area contributed by atoms with Crippen LogP contribution < -0.4 is 10.1 Å². The van der Waals surface area contributed by atoms with E-state index in [0.717, 1.165) is 34.8 Å². The highest BCUT2D eigenvalue weighted by atomic mass is 35.5. The van der Waals surface area contributed by atoms with Crippen LogP contribution in [0.2, 0.25) is 5.02 Å². The van der Waals surface area contributed by atoms with Crippen LogP contribution in [0.15, 0.2) is 36.4 Å². The van der Waals surface area contributed by atoms with Crippen LogP contribution in [0.5, 0.6) is 5.75 Å². The summed E-state index contributed by atoms with van der Waals surface area (Å²) in [5.41, 5.74) is 2.75. The van der Waals surface area contributed by atoms with Gasteiger partial charge in [-0.3, -0.25) is 0 Å². The van der Waals surface area contributed by atoms with E-state index in [2.05, 4.69) is 15.4 Å². The van der Waals surface area contributed by atoms with Crippen LogP contribution >= 0.6 is 11.6 Å². The second-order valence-electron chi connectivity index (χ2n) is 7.60. The molecule has 0 aliphatic heterocycles. The number of benzene rings is 2. The summed E-state index contributed by atoms with van der Waals surface area (Å²) in [6.07, 6.45) is 3.45. The SMILES string of the molecule is COc1cc(Cl)c(-n2nc(NC(CC3CC3)c3ccc(F)cc3)nc2C)cc1C. The average Bonchev–Trinajstić information content (AvgIpc) is 3.44. The molecule has 0 spiro atoms. The summed E-state index contributed by atoms with van der Waals surface area (Å²) in [6, 6.07) is 10.4. The Hall–Kier alpha value is -2.60. The number of methoxy groups -OCH3 is 1. The monoisotopic (exact) mass is 414 g/mol. The van der Waals surface area contributed by atoms with Gasteiger partial charge in [-0.1, -0.05) is 36.6 Å². The molecule has 1 atom stereocenters. The summed E-state index contributed by atoms with van der Waals surface area (Å²) in [5.74, 6) is 2.45. The Morgan fingerprint density at radius 3 is 2.62 bits per heavy atom. The van der Waals surface area contributed by atoms with Crippen molar-refractivity contribution in [1.82, 2.24) is 14.8 Å². The highest BCUT2D eigenvalue weighted by Crippen LogP contribution is 2.39. The van der Waals surface area contributed by atoms with E-state index in [0.29, 0.717) is 16.9 Å². The molecular weight excluding hydrogens is 391 g/mol. The van der Waals surface area contributed by atoms with E-state index < -0.39 is 0 Å². The molecule has 5 nitrogen and oxygen atoms in total. The van der Waals surface area contributed by atoms with Crippen LogP contribution in [0.1, 0.15) is 42.3 Å². The number of anilines is 1. The molecule has 4 rings (SSSR count). The Labute approximate surface area is 174 Å². The number of hydrogen-bond acceptors (Lipinski definition) is 4. The minimum Gasteiger partial charge on any atom is -0.496 e. The molecule has 7 heteroatoms. The third kappa shape index (κ3) is 4.37. The summed E-state index contributed by atoms with van der Waals surface area (Å²) in [5, 5.41) is 8.63. The largest absolute Gasteiger partial charge is 0.496 e. The maximum Gasteiger partial charge on any atom is 0.243 e. The molecule has 1 N–H and O–H groups in total. The van der Waals surface area contributed by atoms with Crippen molar-refractivity contribution in [2.24, 2.45) is 5.92 Å². The lowest BCUT2D eigenvalue weighted by Gasteiger charge is -2.18. The minimum atomic E-state index is -0.235. The fourth-order valence-electron chi connectivity index (χ4n) is 3.53. The van der Waals surface area contributed by atoms with E-state index in [4.69, 9.17) is 16.3 Å².